The Labute approximate surface area is 211 Å². The van der Waals surface area contributed by atoms with Gasteiger partial charge in [-0.3, -0.25) is 14.4 Å². The van der Waals surface area contributed by atoms with Crippen molar-refractivity contribution in [2.24, 2.45) is 17.8 Å². The van der Waals surface area contributed by atoms with Crippen molar-refractivity contribution in [3.05, 3.63) is 60.2 Å². The topological polar surface area (TPSA) is 96.4 Å². The molecule has 1 aromatic rings. The average Bonchev–Trinajstić information content (AvgIpc) is 3.27. The molecule has 2 saturated heterocycles. The number of rotatable bonds is 5. The van der Waals surface area contributed by atoms with E-state index in [0.717, 1.165) is 12.0 Å². The number of allylic oxidation sites excluding steroid dienone is 1. The molecule has 1 unspecified atom stereocenters. The summed E-state index contributed by atoms with van der Waals surface area (Å²) in [5, 5.41) is 10.3. The molecule has 4 heterocycles. The number of nitrogens with zero attached hydrogens (tertiary/aromatic N) is 2. The van der Waals surface area contributed by atoms with E-state index in [0.29, 0.717) is 19.5 Å². The molecule has 8 heteroatoms. The van der Waals surface area contributed by atoms with E-state index in [2.05, 4.69) is 0 Å². The minimum Gasteiger partial charge on any atom is -0.465 e. The summed E-state index contributed by atoms with van der Waals surface area (Å²) in [6, 6.07) is 8.10. The fraction of sp³-hybridized carbons (Fsp3) is 0.536. The summed E-state index contributed by atoms with van der Waals surface area (Å²) in [6.45, 7) is 4.53. The molecule has 1 aromatic carbocycles. The maximum Gasteiger partial charge on any atom is 0.312 e. The van der Waals surface area contributed by atoms with Gasteiger partial charge < -0.3 is 24.4 Å². The largest absolute Gasteiger partial charge is 0.465 e. The molecule has 36 heavy (non-hydrogen) atoms. The van der Waals surface area contributed by atoms with Crippen LogP contribution in [0.15, 0.2) is 54.6 Å². The van der Waals surface area contributed by atoms with E-state index >= 15 is 0 Å². The molecule has 5 rings (SSSR count). The van der Waals surface area contributed by atoms with Crippen LogP contribution in [-0.4, -0.2) is 76.2 Å². The number of ether oxygens (including phenoxy) is 2. The van der Waals surface area contributed by atoms with E-state index in [4.69, 9.17) is 9.47 Å². The van der Waals surface area contributed by atoms with Gasteiger partial charge in [-0.05, 0) is 24.3 Å². The summed E-state index contributed by atoms with van der Waals surface area (Å²) in [6.07, 6.45) is 8.26. The Morgan fingerprint density at radius 3 is 2.61 bits per heavy atom. The van der Waals surface area contributed by atoms with Crippen molar-refractivity contribution in [3.8, 4) is 0 Å². The standard InChI is InChI=1S/C28H34N2O6/c1-18(2)20(17-31)30-24-26(33)29(16-19-10-5-3-6-11-19)14-9-13-28(24)23(25(30)32)22-21(36-28)12-7-4-8-15-35-27(22)34/h3,5-7,9-13,18,20-24,31H,4,8,14-17H2,1-2H3/b12-7-/t20-,21+,22-,23-,24?,28-/m0/s1. The van der Waals surface area contributed by atoms with Crippen LogP contribution in [0.1, 0.15) is 32.3 Å². The number of hydrogen-bond donors (Lipinski definition) is 1. The Morgan fingerprint density at radius 2 is 1.89 bits per heavy atom. The van der Waals surface area contributed by atoms with E-state index in [1.165, 1.54) is 4.90 Å². The Balaban J connectivity index is 1.61. The number of likely N-dealkylation sites (tertiary alicyclic amines) is 1. The summed E-state index contributed by atoms with van der Waals surface area (Å²) in [4.78, 5) is 44.9. The van der Waals surface area contributed by atoms with Gasteiger partial charge in [0.25, 0.3) is 0 Å². The van der Waals surface area contributed by atoms with Crippen molar-refractivity contribution in [1.82, 2.24) is 9.80 Å². The van der Waals surface area contributed by atoms with Crippen molar-refractivity contribution in [1.29, 1.82) is 0 Å². The van der Waals surface area contributed by atoms with Crippen LogP contribution in [-0.2, 0) is 30.4 Å². The number of cyclic esters (lactones) is 1. The maximum absolute atomic E-state index is 14.2. The van der Waals surface area contributed by atoms with Gasteiger partial charge >= 0.3 is 5.97 Å². The second-order valence-corrected chi connectivity index (χ2v) is 10.4. The predicted molar refractivity (Wildman–Crippen MR) is 131 cm³/mol. The van der Waals surface area contributed by atoms with Crippen LogP contribution >= 0.6 is 0 Å². The number of carbonyl (C=O) groups is 3. The van der Waals surface area contributed by atoms with Crippen LogP contribution in [0.3, 0.4) is 0 Å². The molecule has 2 amide bonds. The number of aliphatic hydroxyl groups excluding tert-OH is 1. The van der Waals surface area contributed by atoms with Crippen LogP contribution in [0.25, 0.3) is 0 Å². The molecule has 0 saturated carbocycles. The highest BCUT2D eigenvalue weighted by molar-refractivity contribution is 5.99. The zero-order valence-corrected chi connectivity index (χ0v) is 20.8. The number of amides is 2. The fourth-order valence-corrected chi connectivity index (χ4v) is 6.16. The van der Waals surface area contributed by atoms with Crippen LogP contribution in [0.4, 0.5) is 0 Å². The van der Waals surface area contributed by atoms with Crippen molar-refractivity contribution in [2.75, 3.05) is 19.8 Å². The molecular formula is C28H34N2O6. The Hall–Kier alpha value is -2.97. The second kappa shape index (κ2) is 9.82. The highest BCUT2D eigenvalue weighted by Gasteiger charge is 2.72. The molecular weight excluding hydrogens is 460 g/mol. The van der Waals surface area contributed by atoms with Gasteiger partial charge in [-0.2, -0.15) is 0 Å². The number of fused-ring (bicyclic) bond motifs is 2. The smallest absolute Gasteiger partial charge is 0.312 e. The Bertz CT molecular complexity index is 1070. The van der Waals surface area contributed by atoms with Crippen LogP contribution in [0.2, 0.25) is 0 Å². The zero-order valence-electron chi connectivity index (χ0n) is 20.8. The van der Waals surface area contributed by atoms with E-state index < -0.39 is 41.6 Å². The first-order valence-electron chi connectivity index (χ1n) is 12.8. The quantitative estimate of drug-likeness (QED) is 0.497. The molecule has 0 aromatic heterocycles. The number of esters is 1. The third kappa shape index (κ3) is 3.96. The van der Waals surface area contributed by atoms with E-state index in [1.54, 1.807) is 4.90 Å². The Kier molecular flexibility index (Phi) is 6.74. The van der Waals surface area contributed by atoms with Gasteiger partial charge in [-0.15, -0.1) is 0 Å². The SMILES string of the molecule is CC(C)[C@H](CO)N1C(=O)[C@@H]2[C@H]3C(=O)OCCC/C=C\[C@H]3O[C@@]23C=CCN(Cc2ccccc2)C(=O)C13. The lowest BCUT2D eigenvalue weighted by Crippen LogP contribution is -2.59. The minimum atomic E-state index is -1.32. The Morgan fingerprint density at radius 1 is 1.11 bits per heavy atom. The van der Waals surface area contributed by atoms with Gasteiger partial charge in [0.05, 0.1) is 31.3 Å². The van der Waals surface area contributed by atoms with Crippen LogP contribution < -0.4 is 0 Å². The summed E-state index contributed by atoms with van der Waals surface area (Å²) >= 11 is 0. The molecule has 4 aliphatic rings. The molecule has 0 bridgehead atoms. The lowest BCUT2D eigenvalue weighted by Gasteiger charge is -2.39. The summed E-state index contributed by atoms with van der Waals surface area (Å²) in [5.74, 6) is -2.94. The lowest BCUT2D eigenvalue weighted by atomic mass is 9.78. The fourth-order valence-electron chi connectivity index (χ4n) is 6.16. The zero-order chi connectivity index (χ0) is 25.4. The van der Waals surface area contributed by atoms with E-state index in [1.807, 2.05) is 68.5 Å². The molecule has 6 atom stereocenters. The predicted octanol–water partition coefficient (Wildman–Crippen LogP) is 2.08. The van der Waals surface area contributed by atoms with Gasteiger partial charge in [0.2, 0.25) is 11.8 Å². The van der Waals surface area contributed by atoms with Gasteiger partial charge in [-0.25, -0.2) is 0 Å². The normalized spacial score (nSPS) is 33.7. The summed E-state index contributed by atoms with van der Waals surface area (Å²) in [5.41, 5.74) is -0.346. The molecule has 192 valence electrons. The van der Waals surface area contributed by atoms with Crippen molar-refractivity contribution >= 4 is 17.8 Å². The van der Waals surface area contributed by atoms with Crippen LogP contribution in [0, 0.1) is 17.8 Å². The third-order valence-corrected chi connectivity index (χ3v) is 7.90. The van der Waals surface area contributed by atoms with Gasteiger partial charge in [0.15, 0.2) is 0 Å². The van der Waals surface area contributed by atoms with Crippen molar-refractivity contribution in [2.45, 2.75) is 57.0 Å². The van der Waals surface area contributed by atoms with Gasteiger partial charge in [0, 0.05) is 13.1 Å². The average molecular weight is 495 g/mol. The molecule has 2 fully saturated rings. The molecule has 1 N–H and O–H groups in total. The third-order valence-electron chi connectivity index (χ3n) is 7.90. The summed E-state index contributed by atoms with van der Waals surface area (Å²) in [7, 11) is 0. The minimum absolute atomic E-state index is 0.111. The van der Waals surface area contributed by atoms with Gasteiger partial charge in [-0.1, -0.05) is 68.5 Å². The molecule has 1 spiro atoms. The number of carbonyl (C=O) groups excluding carboxylic acids is 3. The van der Waals surface area contributed by atoms with E-state index in [9.17, 15) is 19.5 Å². The number of aliphatic hydroxyl groups is 1. The number of benzene rings is 1. The van der Waals surface area contributed by atoms with Crippen LogP contribution in [0.5, 0.6) is 0 Å². The highest BCUT2D eigenvalue weighted by Crippen LogP contribution is 2.54. The van der Waals surface area contributed by atoms with Gasteiger partial charge in [0.1, 0.15) is 17.6 Å². The molecule has 0 radical (unpaired) electrons. The maximum atomic E-state index is 14.2. The van der Waals surface area contributed by atoms with E-state index in [-0.39, 0.29) is 30.9 Å². The first kappa shape index (κ1) is 24.7. The molecule has 0 aliphatic carbocycles. The molecule has 8 nitrogen and oxygen atoms in total. The monoisotopic (exact) mass is 494 g/mol. The number of hydrogen-bond acceptors (Lipinski definition) is 6. The molecule has 4 aliphatic heterocycles. The lowest BCUT2D eigenvalue weighted by molar-refractivity contribution is -0.157. The van der Waals surface area contributed by atoms with Crippen molar-refractivity contribution < 1.29 is 29.0 Å². The summed E-state index contributed by atoms with van der Waals surface area (Å²) < 4.78 is 12.1. The van der Waals surface area contributed by atoms with Crippen molar-refractivity contribution in [3.63, 3.8) is 0 Å². The first-order chi connectivity index (χ1) is 17.4. The highest BCUT2D eigenvalue weighted by atomic mass is 16.6. The second-order valence-electron chi connectivity index (χ2n) is 10.4. The first-order valence-corrected chi connectivity index (χ1v) is 12.8.